The van der Waals surface area contributed by atoms with Gasteiger partial charge in [-0.05, 0) is 29.9 Å². The van der Waals surface area contributed by atoms with Gasteiger partial charge in [0.2, 0.25) is 5.91 Å². The van der Waals surface area contributed by atoms with Gasteiger partial charge in [0.15, 0.2) is 0 Å². The molecule has 0 bridgehead atoms. The van der Waals surface area contributed by atoms with Crippen molar-refractivity contribution in [1.82, 2.24) is 15.5 Å². The Hall–Kier alpha value is -2.12. The fraction of sp³-hybridized carbons (Fsp3) is 0.316. The number of amides is 1. The van der Waals surface area contributed by atoms with Crippen LogP contribution in [0.2, 0.25) is 0 Å². The highest BCUT2D eigenvalue weighted by molar-refractivity contribution is 7.99. The van der Waals surface area contributed by atoms with Gasteiger partial charge in [-0.15, -0.1) is 21.5 Å². The Morgan fingerprint density at radius 3 is 2.73 bits per heavy atom. The van der Waals surface area contributed by atoms with Crippen molar-refractivity contribution in [3.05, 3.63) is 53.4 Å². The third kappa shape index (κ3) is 3.68. The van der Waals surface area contributed by atoms with E-state index in [1.807, 2.05) is 23.6 Å². The van der Waals surface area contributed by atoms with Crippen LogP contribution in [0.5, 0.6) is 0 Å². The molecule has 1 aliphatic carbocycles. The lowest BCUT2D eigenvalue weighted by Crippen LogP contribution is -2.46. The van der Waals surface area contributed by atoms with Crippen molar-refractivity contribution >= 4 is 29.0 Å². The molecule has 26 heavy (non-hydrogen) atoms. The Morgan fingerprint density at radius 2 is 2.04 bits per heavy atom. The molecule has 0 radical (unpaired) electrons. The molecule has 0 saturated heterocycles. The van der Waals surface area contributed by atoms with Crippen LogP contribution in [-0.4, -0.2) is 28.4 Å². The lowest BCUT2D eigenvalue weighted by Gasteiger charge is -2.42. The van der Waals surface area contributed by atoms with Crippen molar-refractivity contribution in [2.45, 2.75) is 29.9 Å². The van der Waals surface area contributed by atoms with E-state index < -0.39 is 0 Å². The second-order valence-electron chi connectivity index (χ2n) is 6.42. The van der Waals surface area contributed by atoms with E-state index in [1.165, 1.54) is 23.7 Å². The van der Waals surface area contributed by atoms with Crippen molar-refractivity contribution in [3.63, 3.8) is 0 Å². The van der Waals surface area contributed by atoms with E-state index in [-0.39, 0.29) is 17.1 Å². The topological polar surface area (TPSA) is 68.0 Å². The van der Waals surface area contributed by atoms with Crippen LogP contribution in [-0.2, 0) is 10.2 Å². The number of carbonyl (C=O) groups is 1. The number of thioether (sulfide) groups is 1. The smallest absolute Gasteiger partial charge is 0.277 e. The van der Waals surface area contributed by atoms with E-state index in [2.05, 4.69) is 39.8 Å². The highest BCUT2D eigenvalue weighted by Crippen LogP contribution is 2.43. The summed E-state index contributed by atoms with van der Waals surface area (Å²) >= 11 is 2.82. The van der Waals surface area contributed by atoms with Crippen LogP contribution >= 0.6 is 23.1 Å². The molecule has 0 aliphatic heterocycles. The van der Waals surface area contributed by atoms with Gasteiger partial charge in [-0.1, -0.05) is 54.6 Å². The van der Waals surface area contributed by atoms with Crippen LogP contribution in [0.4, 0.5) is 0 Å². The predicted molar refractivity (Wildman–Crippen MR) is 103 cm³/mol. The number of nitrogens with one attached hydrogen (secondary N) is 1. The molecule has 7 heteroatoms. The minimum absolute atomic E-state index is 0.00641. The maximum absolute atomic E-state index is 12.3. The number of rotatable bonds is 7. The minimum Gasteiger partial charge on any atom is -0.410 e. The van der Waals surface area contributed by atoms with E-state index in [0.717, 1.165) is 17.7 Å². The van der Waals surface area contributed by atoms with Gasteiger partial charge in [0, 0.05) is 12.0 Å². The first kappa shape index (κ1) is 17.3. The summed E-state index contributed by atoms with van der Waals surface area (Å²) in [6, 6.07) is 14.3. The third-order valence-corrected chi connectivity index (χ3v) is 6.46. The molecular weight excluding hydrogens is 366 g/mol. The van der Waals surface area contributed by atoms with Crippen molar-refractivity contribution in [2.75, 3.05) is 12.3 Å². The average Bonchev–Trinajstić information content (AvgIpc) is 3.31. The number of hydrogen-bond donors (Lipinski definition) is 1. The Kier molecular flexibility index (Phi) is 5.08. The average molecular weight is 386 g/mol. The quantitative estimate of drug-likeness (QED) is 0.620. The molecule has 1 fully saturated rings. The third-order valence-electron chi connectivity index (χ3n) is 4.79. The van der Waals surface area contributed by atoms with Gasteiger partial charge in [0.1, 0.15) is 0 Å². The van der Waals surface area contributed by atoms with Gasteiger partial charge in [0.05, 0.1) is 10.6 Å². The number of nitrogens with zero attached hydrogens (tertiary/aromatic N) is 2. The molecule has 2 aromatic heterocycles. The van der Waals surface area contributed by atoms with Crippen LogP contribution in [0.15, 0.2) is 57.5 Å². The second-order valence-corrected chi connectivity index (χ2v) is 8.29. The highest BCUT2D eigenvalue weighted by Gasteiger charge is 2.38. The summed E-state index contributed by atoms with van der Waals surface area (Å²) in [7, 11) is 0. The first-order valence-electron chi connectivity index (χ1n) is 8.58. The first-order chi connectivity index (χ1) is 12.8. The summed E-state index contributed by atoms with van der Waals surface area (Å²) in [4.78, 5) is 13.2. The Balaban J connectivity index is 1.29. The maximum Gasteiger partial charge on any atom is 0.277 e. The molecule has 0 spiro atoms. The zero-order valence-electron chi connectivity index (χ0n) is 14.2. The predicted octanol–water partition coefficient (Wildman–Crippen LogP) is 4.13. The van der Waals surface area contributed by atoms with E-state index in [1.54, 1.807) is 11.3 Å². The van der Waals surface area contributed by atoms with Crippen LogP contribution < -0.4 is 5.32 Å². The van der Waals surface area contributed by atoms with Gasteiger partial charge in [0.25, 0.3) is 11.1 Å². The number of thiophene rings is 1. The van der Waals surface area contributed by atoms with Crippen LogP contribution in [0.25, 0.3) is 10.8 Å². The molecule has 0 atom stereocenters. The maximum atomic E-state index is 12.3. The van der Waals surface area contributed by atoms with Gasteiger partial charge >= 0.3 is 0 Å². The van der Waals surface area contributed by atoms with Crippen LogP contribution in [0, 0.1) is 0 Å². The lowest BCUT2D eigenvalue weighted by atomic mass is 9.64. The Labute approximate surface area is 160 Å². The van der Waals surface area contributed by atoms with Crippen molar-refractivity contribution in [3.8, 4) is 10.8 Å². The van der Waals surface area contributed by atoms with E-state index in [0.29, 0.717) is 17.7 Å². The largest absolute Gasteiger partial charge is 0.410 e. The Bertz CT molecular complexity index is 858. The standard InChI is InChI=1S/C19H19N3O2S2/c23-16(12-26-18-22-21-17(24-18)15-8-4-11-25-15)20-13-19(9-5-10-19)14-6-2-1-3-7-14/h1-4,6-8,11H,5,9-10,12-13H2,(H,20,23). The van der Waals surface area contributed by atoms with Gasteiger partial charge in [-0.3, -0.25) is 4.79 Å². The fourth-order valence-electron chi connectivity index (χ4n) is 3.18. The van der Waals surface area contributed by atoms with E-state index in [4.69, 9.17) is 4.42 Å². The van der Waals surface area contributed by atoms with Crippen molar-refractivity contribution in [1.29, 1.82) is 0 Å². The monoisotopic (exact) mass is 385 g/mol. The van der Waals surface area contributed by atoms with Crippen molar-refractivity contribution < 1.29 is 9.21 Å². The number of benzene rings is 1. The highest BCUT2D eigenvalue weighted by atomic mass is 32.2. The van der Waals surface area contributed by atoms with Gasteiger partial charge < -0.3 is 9.73 Å². The minimum atomic E-state index is -0.00641. The molecule has 4 rings (SSSR count). The molecule has 1 aromatic carbocycles. The second kappa shape index (κ2) is 7.63. The van der Waals surface area contributed by atoms with Crippen LogP contribution in [0.1, 0.15) is 24.8 Å². The van der Waals surface area contributed by atoms with Gasteiger partial charge in [-0.25, -0.2) is 0 Å². The van der Waals surface area contributed by atoms with E-state index >= 15 is 0 Å². The summed E-state index contributed by atoms with van der Waals surface area (Å²) < 4.78 is 5.60. The SMILES string of the molecule is O=C(CSc1nnc(-c2cccs2)o1)NCC1(c2ccccc2)CCC1. The normalized spacial score (nSPS) is 15.4. The molecule has 1 N–H and O–H groups in total. The molecule has 3 aromatic rings. The summed E-state index contributed by atoms with van der Waals surface area (Å²) in [5, 5.41) is 13.5. The molecule has 0 unspecified atom stereocenters. The van der Waals surface area contributed by atoms with Gasteiger partial charge in [-0.2, -0.15) is 0 Å². The first-order valence-corrected chi connectivity index (χ1v) is 10.4. The molecule has 5 nitrogen and oxygen atoms in total. The summed E-state index contributed by atoms with van der Waals surface area (Å²) in [5.74, 6) is 0.769. The summed E-state index contributed by atoms with van der Waals surface area (Å²) in [6.45, 7) is 0.681. The molecule has 1 amide bonds. The lowest BCUT2D eigenvalue weighted by molar-refractivity contribution is -0.119. The molecule has 2 heterocycles. The summed E-state index contributed by atoms with van der Waals surface area (Å²) in [6.07, 6.45) is 3.46. The number of carbonyl (C=O) groups excluding carboxylic acids is 1. The number of aromatic nitrogens is 2. The summed E-state index contributed by atoms with van der Waals surface area (Å²) in [5.41, 5.74) is 1.41. The number of hydrogen-bond acceptors (Lipinski definition) is 6. The van der Waals surface area contributed by atoms with E-state index in [9.17, 15) is 4.79 Å². The molecular formula is C19H19N3O2S2. The molecule has 1 aliphatic rings. The Morgan fingerprint density at radius 1 is 1.19 bits per heavy atom. The zero-order valence-corrected chi connectivity index (χ0v) is 15.8. The fourth-order valence-corrected chi connectivity index (χ4v) is 4.41. The van der Waals surface area contributed by atoms with Crippen LogP contribution in [0.3, 0.4) is 0 Å². The van der Waals surface area contributed by atoms with Crippen molar-refractivity contribution in [2.24, 2.45) is 0 Å². The molecule has 134 valence electrons. The zero-order chi connectivity index (χ0) is 17.8. The molecule has 1 saturated carbocycles.